The van der Waals surface area contributed by atoms with Crippen LogP contribution in [-0.2, 0) is 18.3 Å². The molecule has 2 N–H and O–H groups in total. The van der Waals surface area contributed by atoms with E-state index in [-0.39, 0.29) is 0 Å². The highest BCUT2D eigenvalue weighted by atomic mass is 16.5. The van der Waals surface area contributed by atoms with E-state index in [4.69, 9.17) is 4.74 Å². The number of aliphatic hydroxyl groups excluding tert-OH is 1. The maximum atomic E-state index is 9.63. The van der Waals surface area contributed by atoms with Gasteiger partial charge in [0.1, 0.15) is 0 Å². The van der Waals surface area contributed by atoms with Crippen molar-refractivity contribution >= 4 is 0 Å². The van der Waals surface area contributed by atoms with E-state index in [9.17, 15) is 5.11 Å². The summed E-state index contributed by atoms with van der Waals surface area (Å²) in [5.41, 5.74) is 0.975. The van der Waals surface area contributed by atoms with Gasteiger partial charge < -0.3 is 15.2 Å². The largest absolute Gasteiger partial charge is 0.389 e. The highest BCUT2D eigenvalue weighted by molar-refractivity contribution is 4.97. The van der Waals surface area contributed by atoms with Crippen molar-refractivity contribution < 1.29 is 9.84 Å². The molecule has 98 valence electrons. The number of nitrogens with zero attached hydrogens (tertiary/aromatic N) is 2. The summed E-state index contributed by atoms with van der Waals surface area (Å²) in [4.78, 5) is 0. The van der Waals surface area contributed by atoms with Crippen LogP contribution in [0.3, 0.4) is 0 Å². The monoisotopic (exact) mass is 241 g/mol. The Balaban J connectivity index is 2.05. The van der Waals surface area contributed by atoms with Crippen LogP contribution < -0.4 is 5.32 Å². The first-order valence-electron chi connectivity index (χ1n) is 6.03. The van der Waals surface area contributed by atoms with E-state index >= 15 is 0 Å². The fraction of sp³-hybridized carbons (Fsp3) is 0.750. The van der Waals surface area contributed by atoms with Crippen LogP contribution in [0.1, 0.15) is 19.5 Å². The number of aryl methyl sites for hydroxylation is 1. The summed E-state index contributed by atoms with van der Waals surface area (Å²) in [5.74, 6) is 0.503. The van der Waals surface area contributed by atoms with Gasteiger partial charge in [0.15, 0.2) is 0 Å². The molecule has 0 aromatic carbocycles. The van der Waals surface area contributed by atoms with Gasteiger partial charge in [-0.2, -0.15) is 5.10 Å². The third-order valence-electron chi connectivity index (χ3n) is 2.22. The van der Waals surface area contributed by atoms with E-state index in [1.54, 1.807) is 4.68 Å². The molecule has 0 radical (unpaired) electrons. The Kier molecular flexibility index (Phi) is 6.18. The van der Waals surface area contributed by atoms with Gasteiger partial charge in [-0.15, -0.1) is 0 Å². The smallest absolute Gasteiger partial charge is 0.0897 e. The molecule has 1 heterocycles. The number of hydrogen-bond donors (Lipinski definition) is 2. The molecule has 0 saturated carbocycles. The molecule has 1 atom stereocenters. The molecule has 0 spiro atoms. The van der Waals surface area contributed by atoms with E-state index in [1.165, 1.54) is 0 Å². The van der Waals surface area contributed by atoms with Crippen molar-refractivity contribution in [2.45, 2.75) is 26.5 Å². The number of ether oxygens (including phenoxy) is 1. The Bertz CT molecular complexity index is 312. The van der Waals surface area contributed by atoms with Crippen molar-refractivity contribution in [2.24, 2.45) is 13.0 Å². The topological polar surface area (TPSA) is 59.3 Å². The second kappa shape index (κ2) is 7.42. The summed E-state index contributed by atoms with van der Waals surface area (Å²) in [7, 11) is 1.89. The molecule has 0 saturated heterocycles. The van der Waals surface area contributed by atoms with Crippen LogP contribution in [0.4, 0.5) is 0 Å². The van der Waals surface area contributed by atoms with Crippen LogP contribution in [0.2, 0.25) is 0 Å². The maximum absolute atomic E-state index is 9.63. The van der Waals surface area contributed by atoms with Crippen molar-refractivity contribution in [2.75, 3.05) is 19.8 Å². The zero-order chi connectivity index (χ0) is 12.7. The van der Waals surface area contributed by atoms with Gasteiger partial charge in [0.2, 0.25) is 0 Å². The second-order valence-electron chi connectivity index (χ2n) is 4.70. The average molecular weight is 241 g/mol. The fourth-order valence-electron chi connectivity index (χ4n) is 1.42. The molecule has 1 unspecified atom stereocenters. The van der Waals surface area contributed by atoms with Crippen LogP contribution in [0, 0.1) is 5.92 Å². The third-order valence-corrected chi connectivity index (χ3v) is 2.22. The Morgan fingerprint density at radius 2 is 2.24 bits per heavy atom. The fourth-order valence-corrected chi connectivity index (χ4v) is 1.42. The average Bonchev–Trinajstić information content (AvgIpc) is 2.63. The summed E-state index contributed by atoms with van der Waals surface area (Å²) in [6, 6.07) is 1.95. The summed E-state index contributed by atoms with van der Waals surface area (Å²) >= 11 is 0. The van der Waals surface area contributed by atoms with Gasteiger partial charge in [0, 0.05) is 32.9 Å². The van der Waals surface area contributed by atoms with Gasteiger partial charge in [-0.1, -0.05) is 13.8 Å². The van der Waals surface area contributed by atoms with Crippen molar-refractivity contribution in [3.63, 3.8) is 0 Å². The van der Waals surface area contributed by atoms with Gasteiger partial charge >= 0.3 is 0 Å². The summed E-state index contributed by atoms with van der Waals surface area (Å²) in [6.07, 6.45) is 1.44. The highest BCUT2D eigenvalue weighted by Gasteiger charge is 2.05. The molecular weight excluding hydrogens is 218 g/mol. The lowest BCUT2D eigenvalue weighted by atomic mass is 10.2. The van der Waals surface area contributed by atoms with Crippen molar-refractivity contribution in [1.29, 1.82) is 0 Å². The van der Waals surface area contributed by atoms with Gasteiger partial charge in [-0.25, -0.2) is 0 Å². The Morgan fingerprint density at radius 3 is 2.82 bits per heavy atom. The molecule has 0 bridgehead atoms. The van der Waals surface area contributed by atoms with Gasteiger partial charge in [-0.3, -0.25) is 4.68 Å². The van der Waals surface area contributed by atoms with E-state index in [1.807, 2.05) is 19.3 Å². The summed E-state index contributed by atoms with van der Waals surface area (Å²) in [5, 5.41) is 17.0. The van der Waals surface area contributed by atoms with E-state index in [0.29, 0.717) is 32.2 Å². The molecular formula is C12H23N3O2. The third kappa shape index (κ3) is 6.41. The van der Waals surface area contributed by atoms with Crippen molar-refractivity contribution in [1.82, 2.24) is 15.1 Å². The Labute approximate surface area is 103 Å². The lowest BCUT2D eigenvalue weighted by Crippen LogP contribution is -2.30. The summed E-state index contributed by atoms with van der Waals surface area (Å²) in [6.45, 7) is 6.44. The predicted molar refractivity (Wildman–Crippen MR) is 66.6 cm³/mol. The van der Waals surface area contributed by atoms with E-state index in [0.717, 1.165) is 5.69 Å². The van der Waals surface area contributed by atoms with Crippen molar-refractivity contribution in [3.8, 4) is 0 Å². The molecule has 1 aromatic rings. The summed E-state index contributed by atoms with van der Waals surface area (Å²) < 4.78 is 7.12. The second-order valence-corrected chi connectivity index (χ2v) is 4.70. The van der Waals surface area contributed by atoms with Crippen LogP contribution in [0.25, 0.3) is 0 Å². The number of nitrogens with one attached hydrogen (secondary N) is 1. The Hall–Kier alpha value is -0.910. The van der Waals surface area contributed by atoms with E-state index in [2.05, 4.69) is 24.3 Å². The lowest BCUT2D eigenvalue weighted by Gasteiger charge is -2.12. The standard InChI is InChI=1S/C12H23N3O2/c1-10(2)8-17-9-12(16)7-13-6-11-4-5-15(3)14-11/h4-5,10,12-13,16H,6-9H2,1-3H3. The highest BCUT2D eigenvalue weighted by Crippen LogP contribution is 1.95. The SMILES string of the molecule is CC(C)COCC(O)CNCc1ccn(C)n1. The molecule has 0 aliphatic carbocycles. The van der Waals surface area contributed by atoms with Gasteiger partial charge in [0.05, 0.1) is 18.4 Å². The van der Waals surface area contributed by atoms with E-state index < -0.39 is 6.10 Å². The van der Waals surface area contributed by atoms with Crippen LogP contribution in [-0.4, -0.2) is 40.7 Å². The van der Waals surface area contributed by atoms with Crippen molar-refractivity contribution in [3.05, 3.63) is 18.0 Å². The van der Waals surface area contributed by atoms with Crippen LogP contribution >= 0.6 is 0 Å². The predicted octanol–water partition coefficient (Wildman–Crippen LogP) is 0.543. The minimum atomic E-state index is -0.461. The molecule has 0 aliphatic rings. The molecule has 17 heavy (non-hydrogen) atoms. The quantitative estimate of drug-likeness (QED) is 0.697. The molecule has 5 heteroatoms. The molecule has 1 aromatic heterocycles. The first-order chi connectivity index (χ1) is 8.08. The zero-order valence-corrected chi connectivity index (χ0v) is 10.9. The molecule has 0 amide bonds. The van der Waals surface area contributed by atoms with Gasteiger partial charge in [0.25, 0.3) is 0 Å². The molecule has 0 fully saturated rings. The zero-order valence-electron chi connectivity index (χ0n) is 10.9. The number of hydrogen-bond acceptors (Lipinski definition) is 4. The first-order valence-corrected chi connectivity index (χ1v) is 6.03. The van der Waals surface area contributed by atoms with Gasteiger partial charge in [-0.05, 0) is 12.0 Å². The number of rotatable bonds is 8. The normalized spacial score (nSPS) is 13.2. The first kappa shape index (κ1) is 14.2. The maximum Gasteiger partial charge on any atom is 0.0897 e. The minimum absolute atomic E-state index is 0.382. The molecule has 1 rings (SSSR count). The lowest BCUT2D eigenvalue weighted by molar-refractivity contribution is 0.0260. The Morgan fingerprint density at radius 1 is 1.47 bits per heavy atom. The molecule has 5 nitrogen and oxygen atoms in total. The molecule has 0 aliphatic heterocycles. The van der Waals surface area contributed by atoms with Crippen LogP contribution in [0.5, 0.6) is 0 Å². The van der Waals surface area contributed by atoms with Crippen LogP contribution in [0.15, 0.2) is 12.3 Å². The number of aromatic nitrogens is 2. The number of aliphatic hydroxyl groups is 1. The minimum Gasteiger partial charge on any atom is -0.389 e.